The van der Waals surface area contributed by atoms with Crippen LogP contribution in [0.5, 0.6) is 0 Å². The van der Waals surface area contributed by atoms with Gasteiger partial charge in [-0.15, -0.1) is 11.3 Å². The van der Waals surface area contributed by atoms with Gasteiger partial charge in [-0.2, -0.15) is 0 Å². The number of benzene rings is 1. The molecule has 1 atom stereocenters. The maximum absolute atomic E-state index is 5.96. The SMILES string of the molecule is CC1(c2nc(-c3ccc(Br)cc3)cs2)CCCCO1. The summed E-state index contributed by atoms with van der Waals surface area (Å²) >= 11 is 5.16. The lowest BCUT2D eigenvalue weighted by Gasteiger charge is -2.31. The molecule has 1 fully saturated rings. The lowest BCUT2D eigenvalue weighted by Crippen LogP contribution is -2.29. The lowest BCUT2D eigenvalue weighted by atomic mass is 9.97. The highest BCUT2D eigenvalue weighted by atomic mass is 79.9. The second-order valence-electron chi connectivity index (χ2n) is 5.08. The zero-order valence-corrected chi connectivity index (χ0v) is 13.3. The molecule has 4 heteroatoms. The topological polar surface area (TPSA) is 22.1 Å². The zero-order valence-electron chi connectivity index (χ0n) is 10.9. The molecule has 0 radical (unpaired) electrons. The normalized spacial score (nSPS) is 23.5. The van der Waals surface area contributed by atoms with Crippen LogP contribution >= 0.6 is 27.3 Å². The van der Waals surface area contributed by atoms with Crippen LogP contribution in [0, 0.1) is 0 Å². The molecule has 0 spiro atoms. The minimum atomic E-state index is -0.184. The molecule has 2 nitrogen and oxygen atoms in total. The Morgan fingerprint density at radius 3 is 2.74 bits per heavy atom. The van der Waals surface area contributed by atoms with Crippen molar-refractivity contribution < 1.29 is 4.74 Å². The fourth-order valence-electron chi connectivity index (χ4n) is 2.37. The average Bonchev–Trinajstić information content (AvgIpc) is 2.91. The second-order valence-corrected chi connectivity index (χ2v) is 6.85. The molecular formula is C15H16BrNOS. The molecule has 1 aliphatic heterocycles. The fourth-order valence-corrected chi connectivity index (χ4v) is 3.61. The lowest BCUT2D eigenvalue weighted by molar-refractivity contribution is -0.0701. The largest absolute Gasteiger partial charge is 0.368 e. The van der Waals surface area contributed by atoms with Crippen molar-refractivity contribution in [1.82, 2.24) is 4.98 Å². The summed E-state index contributed by atoms with van der Waals surface area (Å²) in [6, 6.07) is 8.28. The van der Waals surface area contributed by atoms with Gasteiger partial charge in [0, 0.05) is 22.0 Å². The predicted molar refractivity (Wildman–Crippen MR) is 82.4 cm³/mol. The van der Waals surface area contributed by atoms with Gasteiger partial charge in [0.25, 0.3) is 0 Å². The first kappa shape index (κ1) is 13.3. The van der Waals surface area contributed by atoms with Gasteiger partial charge in [-0.3, -0.25) is 0 Å². The molecular weight excluding hydrogens is 322 g/mol. The number of hydrogen-bond donors (Lipinski definition) is 0. The van der Waals surface area contributed by atoms with E-state index in [2.05, 4.69) is 40.4 Å². The Kier molecular flexibility index (Phi) is 3.74. The number of nitrogens with zero attached hydrogens (tertiary/aromatic N) is 1. The molecule has 0 amide bonds. The highest BCUT2D eigenvalue weighted by Crippen LogP contribution is 2.37. The molecule has 1 saturated heterocycles. The summed E-state index contributed by atoms with van der Waals surface area (Å²) in [6.45, 7) is 3.01. The summed E-state index contributed by atoms with van der Waals surface area (Å²) in [5.74, 6) is 0. The zero-order chi connectivity index (χ0) is 13.3. The molecule has 100 valence electrons. The Labute approximate surface area is 126 Å². The predicted octanol–water partition coefficient (Wildman–Crippen LogP) is 4.99. The number of rotatable bonds is 2. The van der Waals surface area contributed by atoms with Crippen molar-refractivity contribution in [1.29, 1.82) is 0 Å². The minimum absolute atomic E-state index is 0.184. The first-order valence-corrected chi connectivity index (χ1v) is 8.21. The number of thiazole rings is 1. The molecule has 0 aliphatic carbocycles. The summed E-state index contributed by atoms with van der Waals surface area (Å²) in [7, 11) is 0. The van der Waals surface area contributed by atoms with Gasteiger partial charge in [0.05, 0.1) is 5.69 Å². The van der Waals surface area contributed by atoms with E-state index < -0.39 is 0 Å². The molecule has 3 rings (SSSR count). The van der Waals surface area contributed by atoms with Gasteiger partial charge in [-0.05, 0) is 38.3 Å². The van der Waals surface area contributed by atoms with Crippen LogP contribution in [-0.2, 0) is 10.3 Å². The second kappa shape index (κ2) is 5.35. The van der Waals surface area contributed by atoms with Crippen LogP contribution in [-0.4, -0.2) is 11.6 Å². The Balaban J connectivity index is 1.88. The number of hydrogen-bond acceptors (Lipinski definition) is 3. The molecule has 0 saturated carbocycles. The van der Waals surface area contributed by atoms with E-state index in [4.69, 9.17) is 9.72 Å². The van der Waals surface area contributed by atoms with E-state index in [1.54, 1.807) is 11.3 Å². The van der Waals surface area contributed by atoms with Crippen molar-refractivity contribution in [3.05, 3.63) is 39.1 Å². The first-order valence-electron chi connectivity index (χ1n) is 6.53. The third-order valence-electron chi connectivity index (χ3n) is 3.57. The monoisotopic (exact) mass is 337 g/mol. The number of halogens is 1. The summed E-state index contributed by atoms with van der Waals surface area (Å²) in [5, 5.41) is 3.23. The Hall–Kier alpha value is -0.710. The fraction of sp³-hybridized carbons (Fsp3) is 0.400. The maximum Gasteiger partial charge on any atom is 0.125 e. The summed E-state index contributed by atoms with van der Waals surface area (Å²) < 4.78 is 7.05. The summed E-state index contributed by atoms with van der Waals surface area (Å²) in [6.07, 6.45) is 3.46. The van der Waals surface area contributed by atoms with Crippen LogP contribution in [0.3, 0.4) is 0 Å². The van der Waals surface area contributed by atoms with Gasteiger partial charge in [-0.25, -0.2) is 4.98 Å². The Morgan fingerprint density at radius 2 is 2.05 bits per heavy atom. The highest BCUT2D eigenvalue weighted by Gasteiger charge is 2.32. The molecule has 1 aromatic carbocycles. The Morgan fingerprint density at radius 1 is 1.26 bits per heavy atom. The van der Waals surface area contributed by atoms with E-state index in [9.17, 15) is 0 Å². The molecule has 0 bridgehead atoms. The van der Waals surface area contributed by atoms with Crippen molar-refractivity contribution in [2.45, 2.75) is 31.8 Å². The molecule has 1 aromatic heterocycles. The van der Waals surface area contributed by atoms with E-state index in [0.29, 0.717) is 0 Å². The van der Waals surface area contributed by atoms with Crippen LogP contribution in [0.2, 0.25) is 0 Å². The van der Waals surface area contributed by atoms with Crippen molar-refractivity contribution in [3.63, 3.8) is 0 Å². The maximum atomic E-state index is 5.96. The standard InChI is InChI=1S/C15H16BrNOS/c1-15(8-2-3-9-18-15)14-17-13(10-19-14)11-4-6-12(16)7-5-11/h4-7,10H,2-3,8-9H2,1H3. The van der Waals surface area contributed by atoms with Crippen LogP contribution < -0.4 is 0 Å². The van der Waals surface area contributed by atoms with E-state index in [-0.39, 0.29) is 5.60 Å². The van der Waals surface area contributed by atoms with Gasteiger partial charge in [0.1, 0.15) is 10.6 Å². The van der Waals surface area contributed by atoms with Crippen molar-refractivity contribution >= 4 is 27.3 Å². The van der Waals surface area contributed by atoms with Gasteiger partial charge >= 0.3 is 0 Å². The van der Waals surface area contributed by atoms with E-state index in [0.717, 1.165) is 33.8 Å². The molecule has 1 aliphatic rings. The van der Waals surface area contributed by atoms with Gasteiger partial charge in [0.15, 0.2) is 0 Å². The molecule has 2 heterocycles. The molecule has 0 N–H and O–H groups in total. The van der Waals surface area contributed by atoms with Gasteiger partial charge < -0.3 is 4.74 Å². The van der Waals surface area contributed by atoms with Gasteiger partial charge in [-0.1, -0.05) is 28.1 Å². The van der Waals surface area contributed by atoms with Gasteiger partial charge in [0.2, 0.25) is 0 Å². The van der Waals surface area contributed by atoms with E-state index in [1.165, 1.54) is 12.8 Å². The molecule has 1 unspecified atom stereocenters. The summed E-state index contributed by atoms with van der Waals surface area (Å²) in [4.78, 5) is 4.78. The van der Waals surface area contributed by atoms with Crippen LogP contribution in [0.1, 0.15) is 31.2 Å². The third-order valence-corrected chi connectivity index (χ3v) is 5.18. The minimum Gasteiger partial charge on any atom is -0.368 e. The average molecular weight is 338 g/mol. The number of aromatic nitrogens is 1. The number of ether oxygens (including phenoxy) is 1. The Bertz CT molecular complexity index is 558. The highest BCUT2D eigenvalue weighted by molar-refractivity contribution is 9.10. The van der Waals surface area contributed by atoms with Crippen molar-refractivity contribution in [2.24, 2.45) is 0 Å². The van der Waals surface area contributed by atoms with E-state index in [1.807, 2.05) is 12.1 Å². The molecule has 2 aromatic rings. The van der Waals surface area contributed by atoms with Crippen molar-refractivity contribution in [2.75, 3.05) is 6.61 Å². The first-order chi connectivity index (χ1) is 9.17. The van der Waals surface area contributed by atoms with Crippen LogP contribution in [0.25, 0.3) is 11.3 Å². The van der Waals surface area contributed by atoms with Crippen LogP contribution in [0.15, 0.2) is 34.1 Å². The smallest absolute Gasteiger partial charge is 0.125 e. The van der Waals surface area contributed by atoms with Crippen LogP contribution in [0.4, 0.5) is 0 Å². The molecule has 19 heavy (non-hydrogen) atoms. The third kappa shape index (κ3) is 2.76. The summed E-state index contributed by atoms with van der Waals surface area (Å²) in [5.41, 5.74) is 2.02. The quantitative estimate of drug-likeness (QED) is 0.770. The van der Waals surface area contributed by atoms with Crippen molar-refractivity contribution in [3.8, 4) is 11.3 Å². The van der Waals surface area contributed by atoms with E-state index >= 15 is 0 Å².